The molecule has 6 N–H and O–H groups in total. The fraction of sp³-hybridized carbons (Fsp3) is 0.234. The summed E-state index contributed by atoms with van der Waals surface area (Å²) in [5, 5.41) is 58.2. The molecule has 26 nitrogen and oxygen atoms in total. The van der Waals surface area contributed by atoms with E-state index in [0.717, 1.165) is 41.3 Å². The van der Waals surface area contributed by atoms with Gasteiger partial charge in [0.15, 0.2) is 11.3 Å². The third-order valence-corrected chi connectivity index (χ3v) is 16.9. The molecule has 8 aromatic rings. The molecule has 0 saturated heterocycles. The van der Waals surface area contributed by atoms with Gasteiger partial charge in [-0.05, 0) is 93.8 Å². The minimum Gasteiger partial charge on any atom is -0.493 e. The number of nitrogens with zero attached hydrogens (tertiary/aromatic N) is 10. The zero-order valence-electron chi connectivity index (χ0n) is 41.0. The molecule has 0 bridgehead atoms. The van der Waals surface area contributed by atoms with Gasteiger partial charge in [0, 0.05) is 38.9 Å². The summed E-state index contributed by atoms with van der Waals surface area (Å²) < 4.78 is 148. The van der Waals surface area contributed by atoms with Gasteiger partial charge >= 0.3 is 0 Å². The SMILES string of the molecule is [CH]CCOc1cc(S(=O)(=O)O)cc2c1cc(S(=O)(=O)O)c1nc(N=Nc3cc(SCCCS(=O)(=O)O)c(N=Nc4cc(OCCCS(=O)(=O)O)c(N=Nc5c(C)c(C#N)c6nc7ccccc7n6c5O)cc4CO)cc3C)sc12. The van der Waals surface area contributed by atoms with Gasteiger partial charge in [-0.25, -0.2) is 9.97 Å². The van der Waals surface area contributed by atoms with E-state index in [1.54, 1.807) is 38.1 Å². The van der Waals surface area contributed by atoms with Gasteiger partial charge < -0.3 is 19.7 Å². The fourth-order valence-corrected chi connectivity index (χ4v) is 12.1. The molecule has 32 heteroatoms. The average molecular weight is 1200 g/mol. The highest BCUT2D eigenvalue weighted by atomic mass is 32.2. The van der Waals surface area contributed by atoms with Crippen LogP contribution in [-0.4, -0.2) is 107 Å². The van der Waals surface area contributed by atoms with Crippen molar-refractivity contribution in [1.82, 2.24) is 14.4 Å². The van der Waals surface area contributed by atoms with E-state index >= 15 is 0 Å². The first-order valence-corrected chi connectivity index (χ1v) is 30.7. The Bertz CT molecular complexity index is 4370. The summed E-state index contributed by atoms with van der Waals surface area (Å²) in [7, 11) is -18.5. The first kappa shape index (κ1) is 58.0. The summed E-state index contributed by atoms with van der Waals surface area (Å²) in [6.07, 6.45) is -0.231. The standard InChI is InChI=1S/C47H42N10O16S6/c1-4-11-72-38-19-28(78(66,67)68)18-30-29(38)20-41(79(69,70)71)43-44(30)75-47(50-43)56-51-33-22-40(74-13-8-15-77(63,64)65)36(16-25(33)2)54-52-34-21-39(73-12-7-14-76(60,61)62)35(17-27(34)24-58)53-55-42-26(3)31(23-48)45-49-32-9-5-6-10-37(32)57(45)46(42)59/h1,5-6,9-10,16-22,58-59H,4,7-8,11-15,24H2,2-3H3,(H,60,61,62)(H,63,64,65)(H,66,67,68)(H,69,70,71). The number of nitriles is 1. The molecule has 0 spiro atoms. The highest BCUT2D eigenvalue weighted by Crippen LogP contribution is 2.45. The smallest absolute Gasteiger partial charge is 0.296 e. The van der Waals surface area contributed by atoms with E-state index in [2.05, 4.69) is 46.7 Å². The van der Waals surface area contributed by atoms with Crippen LogP contribution in [0.25, 0.3) is 37.7 Å². The summed E-state index contributed by atoms with van der Waals surface area (Å²) in [6.45, 7) is 7.65. The number of thiazole rings is 1. The number of aliphatic hydroxyl groups is 1. The van der Waals surface area contributed by atoms with Crippen LogP contribution in [-0.2, 0) is 47.1 Å². The lowest BCUT2D eigenvalue weighted by Crippen LogP contribution is -2.08. The maximum absolute atomic E-state index is 12.7. The average Bonchev–Trinajstić information content (AvgIpc) is 4.21. The lowest BCUT2D eigenvalue weighted by Gasteiger charge is -2.13. The van der Waals surface area contributed by atoms with Crippen LogP contribution < -0.4 is 9.47 Å². The molecular formula is C47H42N10O16S6. The monoisotopic (exact) mass is 1190 g/mol. The van der Waals surface area contributed by atoms with Crippen molar-refractivity contribution in [3.05, 3.63) is 95.9 Å². The number of fused-ring (bicyclic) bond motifs is 6. The second-order valence-electron chi connectivity index (χ2n) is 17.0. The van der Waals surface area contributed by atoms with E-state index in [4.69, 9.17) is 16.4 Å². The number of imidazole rings is 1. The highest BCUT2D eigenvalue weighted by molar-refractivity contribution is 7.99. The number of azo groups is 3. The Hall–Kier alpha value is -7.16. The van der Waals surface area contributed by atoms with Crippen LogP contribution in [0.3, 0.4) is 0 Å². The van der Waals surface area contributed by atoms with Crippen LogP contribution in [0, 0.1) is 32.1 Å². The van der Waals surface area contributed by atoms with Gasteiger partial charge in [0.1, 0.15) is 39.2 Å². The van der Waals surface area contributed by atoms with Crippen molar-refractivity contribution in [2.24, 2.45) is 30.7 Å². The Morgan fingerprint density at radius 2 is 1.43 bits per heavy atom. The molecule has 3 heterocycles. The number of para-hydroxylation sites is 2. The van der Waals surface area contributed by atoms with Crippen molar-refractivity contribution in [2.45, 2.75) is 54.4 Å². The van der Waals surface area contributed by atoms with Crippen molar-refractivity contribution in [1.29, 1.82) is 5.26 Å². The predicted octanol–water partition coefficient (Wildman–Crippen LogP) is 10.2. The van der Waals surface area contributed by atoms with Crippen molar-refractivity contribution < 1.29 is 71.6 Å². The molecular weight excluding hydrogens is 1150 g/mol. The van der Waals surface area contributed by atoms with Crippen molar-refractivity contribution in [2.75, 3.05) is 30.5 Å². The first-order chi connectivity index (χ1) is 37.3. The quantitative estimate of drug-likeness (QED) is 0.0159. The van der Waals surface area contributed by atoms with Gasteiger partial charge in [-0.15, -0.1) is 37.3 Å². The summed E-state index contributed by atoms with van der Waals surface area (Å²) in [6, 6.07) is 17.7. The first-order valence-electron chi connectivity index (χ1n) is 22.8. The normalized spacial score (nSPS) is 12.8. The van der Waals surface area contributed by atoms with E-state index in [1.807, 2.05) is 0 Å². The van der Waals surface area contributed by atoms with E-state index < -0.39 is 74.3 Å². The van der Waals surface area contributed by atoms with Crippen LogP contribution in [0.5, 0.6) is 17.4 Å². The third-order valence-electron chi connectivity index (χ3n) is 11.5. The molecule has 0 fully saturated rings. The number of thioether (sulfide) groups is 1. The van der Waals surface area contributed by atoms with Gasteiger partial charge in [0.05, 0.1) is 69.0 Å². The Kier molecular flexibility index (Phi) is 17.1. The molecule has 0 aliphatic rings. The highest BCUT2D eigenvalue weighted by Gasteiger charge is 2.26. The van der Waals surface area contributed by atoms with Gasteiger partial charge in [-0.1, -0.05) is 23.5 Å². The van der Waals surface area contributed by atoms with Crippen LogP contribution in [0.2, 0.25) is 0 Å². The number of hydrogen-bond acceptors (Lipinski definition) is 23. The molecule has 79 heavy (non-hydrogen) atoms. The van der Waals surface area contributed by atoms with Crippen LogP contribution >= 0.6 is 23.1 Å². The third kappa shape index (κ3) is 13.3. The molecule has 412 valence electrons. The lowest BCUT2D eigenvalue weighted by atomic mass is 10.1. The number of aryl methyl sites for hydroxylation is 1. The summed E-state index contributed by atoms with van der Waals surface area (Å²) in [5.41, 5.74) is 1.86. The van der Waals surface area contributed by atoms with E-state index in [1.165, 1.54) is 28.7 Å². The Morgan fingerprint density at radius 1 is 0.747 bits per heavy atom. The number of aromatic hydroxyl groups is 1. The zero-order valence-corrected chi connectivity index (χ0v) is 45.9. The molecule has 0 saturated carbocycles. The van der Waals surface area contributed by atoms with E-state index in [0.29, 0.717) is 21.5 Å². The Morgan fingerprint density at radius 3 is 2.11 bits per heavy atom. The number of hydrogen-bond donors (Lipinski definition) is 6. The van der Waals surface area contributed by atoms with Crippen molar-refractivity contribution >= 4 is 135 Å². The largest absolute Gasteiger partial charge is 0.493 e. The lowest BCUT2D eigenvalue weighted by molar-refractivity contribution is 0.281. The minimum absolute atomic E-state index is 0.00136. The van der Waals surface area contributed by atoms with Gasteiger partial charge in [0.25, 0.3) is 40.5 Å². The van der Waals surface area contributed by atoms with E-state index in [9.17, 15) is 67.4 Å². The molecule has 0 aliphatic heterocycles. The molecule has 0 unspecified atom stereocenters. The van der Waals surface area contributed by atoms with Crippen molar-refractivity contribution in [3.63, 3.8) is 0 Å². The van der Waals surface area contributed by atoms with Crippen LogP contribution in [0.1, 0.15) is 41.5 Å². The topological polar surface area (TPSA) is 405 Å². The maximum Gasteiger partial charge on any atom is 0.296 e. The van der Waals surface area contributed by atoms with Gasteiger partial charge in [0.2, 0.25) is 11.0 Å². The number of rotatable bonds is 22. The molecule has 5 aromatic carbocycles. The van der Waals surface area contributed by atoms with Crippen LogP contribution in [0.4, 0.5) is 33.6 Å². The number of aliphatic hydroxyl groups excluding tert-OH is 1. The second kappa shape index (κ2) is 23.3. The molecule has 0 atom stereocenters. The Balaban J connectivity index is 1.19. The van der Waals surface area contributed by atoms with E-state index in [-0.39, 0.29) is 127 Å². The number of ether oxygens (including phenoxy) is 2. The summed E-state index contributed by atoms with van der Waals surface area (Å²) >= 11 is 1.84. The van der Waals surface area contributed by atoms with Crippen LogP contribution in [0.15, 0.2) is 112 Å². The second-order valence-corrected chi connectivity index (χ2v) is 25.1. The maximum atomic E-state index is 12.7. The molecule has 0 amide bonds. The number of aromatic nitrogens is 3. The number of pyridine rings is 1. The molecule has 8 rings (SSSR count). The minimum atomic E-state index is -4.99. The molecule has 2 radical (unpaired) electrons. The van der Waals surface area contributed by atoms with Crippen molar-refractivity contribution in [3.8, 4) is 23.4 Å². The summed E-state index contributed by atoms with van der Waals surface area (Å²) in [4.78, 5) is 7.84. The number of benzene rings is 5. The zero-order chi connectivity index (χ0) is 57.2. The Labute approximate surface area is 458 Å². The molecule has 0 aliphatic carbocycles. The van der Waals surface area contributed by atoms with Gasteiger partial charge in [-0.2, -0.15) is 44.0 Å². The summed E-state index contributed by atoms with van der Waals surface area (Å²) in [5.74, 6) is -1.78. The van der Waals surface area contributed by atoms with Gasteiger partial charge in [-0.3, -0.25) is 22.6 Å². The molecule has 3 aromatic heterocycles. The fourth-order valence-electron chi connectivity index (χ4n) is 7.83. The predicted molar refractivity (Wildman–Crippen MR) is 289 cm³/mol.